The van der Waals surface area contributed by atoms with Crippen LogP contribution in [-0.2, 0) is 17.1 Å². The fourth-order valence-electron chi connectivity index (χ4n) is 2.78. The number of imide groups is 1. The highest BCUT2D eigenvalue weighted by molar-refractivity contribution is 5.94. The molecular weight excluding hydrogens is 408 g/mol. The Bertz CT molecular complexity index is 914. The zero-order valence-corrected chi connectivity index (χ0v) is 14.9. The number of rotatable bonds is 2. The van der Waals surface area contributed by atoms with Crippen LogP contribution in [0.25, 0.3) is 0 Å². The summed E-state index contributed by atoms with van der Waals surface area (Å²) in [6, 6.07) is -1.16. The normalized spacial score (nSPS) is 17.7. The van der Waals surface area contributed by atoms with Crippen molar-refractivity contribution in [1.29, 1.82) is 5.26 Å². The summed E-state index contributed by atoms with van der Waals surface area (Å²) in [6.45, 7) is 2.26. The van der Waals surface area contributed by atoms with Crippen molar-refractivity contribution >= 4 is 12.1 Å². The number of ether oxygens (including phenoxy) is 1. The molecule has 3 amide bonds. The monoisotopic (exact) mass is 421 g/mol. The fourth-order valence-corrected chi connectivity index (χ4v) is 2.78. The molecule has 1 N–H and O–H groups in total. The van der Waals surface area contributed by atoms with Crippen LogP contribution in [0.5, 0.6) is 0 Å². The first-order valence-corrected chi connectivity index (χ1v) is 7.99. The number of amides is 3. The van der Waals surface area contributed by atoms with Crippen molar-refractivity contribution in [2.24, 2.45) is 0 Å². The van der Waals surface area contributed by atoms with E-state index in [4.69, 9.17) is 0 Å². The molecule has 1 atom stereocenters. The third kappa shape index (κ3) is 4.28. The van der Waals surface area contributed by atoms with E-state index >= 15 is 0 Å². The second kappa shape index (κ2) is 7.65. The first-order chi connectivity index (χ1) is 13.3. The van der Waals surface area contributed by atoms with Gasteiger partial charge in [-0.05, 0) is 37.6 Å². The van der Waals surface area contributed by atoms with Gasteiger partial charge >= 0.3 is 24.5 Å². The van der Waals surface area contributed by atoms with Gasteiger partial charge < -0.3 is 10.1 Å². The Morgan fingerprint density at radius 1 is 1.24 bits per heavy atom. The van der Waals surface area contributed by atoms with Crippen molar-refractivity contribution in [2.75, 3.05) is 6.61 Å². The lowest BCUT2D eigenvalue weighted by Crippen LogP contribution is -2.50. The number of carbonyl (C=O) groups excluding carboxylic acids is 2. The second-order valence-corrected chi connectivity index (χ2v) is 5.85. The highest BCUT2D eigenvalue weighted by atomic mass is 19.4. The van der Waals surface area contributed by atoms with Crippen molar-refractivity contribution in [3.05, 3.63) is 46.2 Å². The van der Waals surface area contributed by atoms with Crippen molar-refractivity contribution in [1.82, 2.24) is 10.2 Å². The molecule has 1 aliphatic rings. The van der Waals surface area contributed by atoms with Gasteiger partial charge in [-0.1, -0.05) is 0 Å². The Kier molecular flexibility index (Phi) is 5.82. The minimum Gasteiger partial charge on any atom is -0.449 e. The molecule has 1 unspecified atom stereocenters. The van der Waals surface area contributed by atoms with Crippen LogP contribution in [0.4, 0.5) is 35.9 Å². The van der Waals surface area contributed by atoms with Gasteiger partial charge in [0.2, 0.25) is 0 Å². The van der Waals surface area contributed by atoms with E-state index in [0.29, 0.717) is 0 Å². The van der Waals surface area contributed by atoms with Crippen LogP contribution in [0.15, 0.2) is 29.5 Å². The van der Waals surface area contributed by atoms with Gasteiger partial charge in [0, 0.05) is 5.70 Å². The van der Waals surface area contributed by atoms with Gasteiger partial charge in [0.1, 0.15) is 6.04 Å². The lowest BCUT2D eigenvalue weighted by molar-refractivity contribution is -0.142. The van der Waals surface area contributed by atoms with Gasteiger partial charge in [-0.25, -0.2) is 14.5 Å². The quantitative estimate of drug-likeness (QED) is 0.699. The zero-order chi connectivity index (χ0) is 22.1. The van der Waals surface area contributed by atoms with Gasteiger partial charge in [-0.3, -0.25) is 0 Å². The lowest BCUT2D eigenvalue weighted by Gasteiger charge is -2.35. The average molecular weight is 421 g/mol. The molecule has 0 aromatic heterocycles. The number of nitrogens with zero attached hydrogens (tertiary/aromatic N) is 2. The van der Waals surface area contributed by atoms with Crippen molar-refractivity contribution < 1.29 is 40.7 Å². The van der Waals surface area contributed by atoms with Crippen LogP contribution in [0.1, 0.15) is 36.6 Å². The van der Waals surface area contributed by atoms with Crippen molar-refractivity contribution in [3.8, 4) is 6.07 Å². The van der Waals surface area contributed by atoms with Crippen LogP contribution in [0.3, 0.4) is 0 Å². The van der Waals surface area contributed by atoms with E-state index in [1.165, 1.54) is 13.8 Å². The summed E-state index contributed by atoms with van der Waals surface area (Å²) in [5.41, 5.74) is -4.78. The van der Waals surface area contributed by atoms with Gasteiger partial charge in [0.25, 0.3) is 0 Å². The minimum absolute atomic E-state index is 0.153. The number of urea groups is 1. The summed E-state index contributed by atoms with van der Waals surface area (Å²) in [6.07, 6.45) is -11.5. The number of allylic oxidation sites excluding steroid dienone is 1. The molecule has 0 aliphatic carbocycles. The molecule has 6 nitrogen and oxygen atoms in total. The Balaban J connectivity index is 2.86. The third-order valence-corrected chi connectivity index (χ3v) is 4.01. The summed E-state index contributed by atoms with van der Waals surface area (Å²) in [5, 5.41) is 11.5. The summed E-state index contributed by atoms with van der Waals surface area (Å²) in [4.78, 5) is 24.6. The van der Waals surface area contributed by atoms with E-state index in [2.05, 4.69) is 10.1 Å². The number of alkyl halides is 6. The number of hydrogen-bond donors (Lipinski definition) is 1. The minimum atomic E-state index is -5.12. The molecule has 0 fully saturated rings. The molecule has 1 aromatic rings. The number of benzene rings is 1. The summed E-state index contributed by atoms with van der Waals surface area (Å²) >= 11 is 0. The van der Waals surface area contributed by atoms with Gasteiger partial charge in [-0.2, -0.15) is 31.6 Å². The molecule has 2 rings (SSSR count). The predicted octanol–water partition coefficient (Wildman–Crippen LogP) is 4.74. The molecule has 1 heterocycles. The van der Waals surface area contributed by atoms with Crippen LogP contribution < -0.4 is 5.32 Å². The maximum atomic E-state index is 13.5. The molecule has 156 valence electrons. The van der Waals surface area contributed by atoms with E-state index in [-0.39, 0.29) is 35.4 Å². The highest BCUT2D eigenvalue weighted by Crippen LogP contribution is 2.43. The molecule has 0 spiro atoms. The SMILES string of the molecule is CCOC(=O)N1C(=O)NC(C)=C(C#N)C1c1cc(C(F)(F)F)ccc1C(F)(F)F. The zero-order valence-electron chi connectivity index (χ0n) is 14.9. The maximum Gasteiger partial charge on any atom is 0.418 e. The Morgan fingerprint density at radius 3 is 2.34 bits per heavy atom. The number of nitriles is 1. The van der Waals surface area contributed by atoms with E-state index in [9.17, 15) is 41.2 Å². The number of nitrogens with one attached hydrogen (secondary N) is 1. The smallest absolute Gasteiger partial charge is 0.418 e. The van der Waals surface area contributed by atoms with Crippen molar-refractivity contribution in [2.45, 2.75) is 32.2 Å². The van der Waals surface area contributed by atoms with Gasteiger partial charge in [0.15, 0.2) is 0 Å². The Morgan fingerprint density at radius 2 is 1.86 bits per heavy atom. The fraction of sp³-hybridized carbons (Fsp3) is 0.353. The number of hydrogen-bond acceptors (Lipinski definition) is 4. The average Bonchev–Trinajstić information content (AvgIpc) is 2.59. The molecule has 1 aliphatic heterocycles. The van der Waals surface area contributed by atoms with Crippen molar-refractivity contribution in [3.63, 3.8) is 0 Å². The largest absolute Gasteiger partial charge is 0.449 e. The first-order valence-electron chi connectivity index (χ1n) is 7.99. The van der Waals surface area contributed by atoms with Gasteiger partial charge in [-0.15, -0.1) is 0 Å². The van der Waals surface area contributed by atoms with Crippen LogP contribution in [0, 0.1) is 11.3 Å². The topological polar surface area (TPSA) is 82.4 Å². The number of carbonyl (C=O) groups is 2. The molecule has 0 radical (unpaired) electrons. The number of halogens is 6. The van der Waals surface area contributed by atoms with Crippen LogP contribution in [0.2, 0.25) is 0 Å². The predicted molar refractivity (Wildman–Crippen MR) is 84.9 cm³/mol. The Labute approximate surface area is 160 Å². The first kappa shape index (κ1) is 22.1. The lowest BCUT2D eigenvalue weighted by atomic mass is 9.89. The van der Waals surface area contributed by atoms with Crippen LogP contribution >= 0.6 is 0 Å². The summed E-state index contributed by atoms with van der Waals surface area (Å²) < 4.78 is 84.6. The second-order valence-electron chi connectivity index (χ2n) is 5.85. The van der Waals surface area contributed by atoms with E-state index in [0.717, 1.165) is 0 Å². The molecule has 0 bridgehead atoms. The maximum absolute atomic E-state index is 13.5. The summed E-state index contributed by atoms with van der Waals surface area (Å²) in [7, 11) is 0. The summed E-state index contributed by atoms with van der Waals surface area (Å²) in [5.74, 6) is 0. The molecule has 0 saturated carbocycles. The highest BCUT2D eigenvalue weighted by Gasteiger charge is 2.45. The van der Waals surface area contributed by atoms with E-state index in [1.807, 2.05) is 0 Å². The Hall–Kier alpha value is -3.23. The molecular formula is C17H13F6N3O3. The van der Waals surface area contributed by atoms with Gasteiger partial charge in [0.05, 0.1) is 29.4 Å². The standard InChI is InChI=1S/C17H13F6N3O3/c1-3-29-15(28)26-13(11(7-24)8(2)25-14(26)27)10-6-9(16(18,19)20)4-5-12(10)17(21,22)23/h4-6,13H,3H2,1-2H3,(H,25,27). The molecule has 1 aromatic carbocycles. The third-order valence-electron chi connectivity index (χ3n) is 4.01. The molecule has 29 heavy (non-hydrogen) atoms. The van der Waals surface area contributed by atoms with E-state index in [1.54, 1.807) is 6.07 Å². The van der Waals surface area contributed by atoms with Crippen LogP contribution in [-0.4, -0.2) is 23.6 Å². The molecule has 0 saturated heterocycles. The van der Waals surface area contributed by atoms with E-state index < -0.39 is 52.8 Å². The molecule has 12 heteroatoms.